The summed E-state index contributed by atoms with van der Waals surface area (Å²) in [6, 6.07) is 9.63. The predicted octanol–water partition coefficient (Wildman–Crippen LogP) is 3.07. The Kier molecular flexibility index (Phi) is 5.97. The van der Waals surface area contributed by atoms with E-state index in [1.807, 2.05) is 44.2 Å². The quantitative estimate of drug-likeness (QED) is 0.730. The Morgan fingerprint density at radius 3 is 2.68 bits per heavy atom. The molecule has 0 aliphatic carbocycles. The summed E-state index contributed by atoms with van der Waals surface area (Å²) in [6.45, 7) is 5.32. The van der Waals surface area contributed by atoms with Crippen molar-refractivity contribution >= 4 is 17.3 Å². The van der Waals surface area contributed by atoms with Gasteiger partial charge in [0, 0.05) is 19.7 Å². The van der Waals surface area contributed by atoms with Crippen LogP contribution in [0.15, 0.2) is 36.7 Å². The van der Waals surface area contributed by atoms with Crippen molar-refractivity contribution in [2.45, 2.75) is 20.0 Å². The van der Waals surface area contributed by atoms with Crippen LogP contribution in [0.25, 0.3) is 0 Å². The van der Waals surface area contributed by atoms with Gasteiger partial charge in [-0.15, -0.1) is 0 Å². The molecule has 6 heteroatoms. The molecule has 0 aliphatic heterocycles. The second kappa shape index (κ2) is 8.19. The molecule has 6 nitrogen and oxygen atoms in total. The van der Waals surface area contributed by atoms with Crippen molar-refractivity contribution in [1.82, 2.24) is 9.97 Å². The summed E-state index contributed by atoms with van der Waals surface area (Å²) >= 11 is 0. The van der Waals surface area contributed by atoms with Gasteiger partial charge in [-0.05, 0) is 26.0 Å². The Morgan fingerprint density at radius 2 is 1.91 bits per heavy atom. The highest BCUT2D eigenvalue weighted by Gasteiger charge is 2.06. The molecule has 2 N–H and O–H groups in total. The number of hydrogen-bond donors (Lipinski definition) is 2. The molecular weight excluding hydrogens is 280 g/mol. The van der Waals surface area contributed by atoms with Gasteiger partial charge in [0.05, 0.1) is 18.4 Å². The molecule has 0 bridgehead atoms. The zero-order valence-electron chi connectivity index (χ0n) is 13.2. The number of benzene rings is 1. The van der Waals surface area contributed by atoms with Gasteiger partial charge in [0.25, 0.3) is 0 Å². The Hall–Kier alpha value is -2.34. The zero-order valence-corrected chi connectivity index (χ0v) is 13.2. The first kappa shape index (κ1) is 16.0. The Labute approximate surface area is 130 Å². The van der Waals surface area contributed by atoms with Crippen LogP contribution in [0.5, 0.6) is 5.75 Å². The molecule has 1 heterocycles. The van der Waals surface area contributed by atoms with Crippen LogP contribution >= 0.6 is 0 Å². The van der Waals surface area contributed by atoms with Crippen LogP contribution in [-0.2, 0) is 4.74 Å². The van der Waals surface area contributed by atoms with E-state index in [4.69, 9.17) is 9.47 Å². The monoisotopic (exact) mass is 302 g/mol. The summed E-state index contributed by atoms with van der Waals surface area (Å²) in [5, 5.41) is 6.43. The van der Waals surface area contributed by atoms with Crippen molar-refractivity contribution in [3.05, 3.63) is 36.7 Å². The zero-order chi connectivity index (χ0) is 15.8. The van der Waals surface area contributed by atoms with Crippen LogP contribution in [0, 0.1) is 0 Å². The Bertz CT molecular complexity index is 590. The lowest BCUT2D eigenvalue weighted by Crippen LogP contribution is -2.10. The molecule has 0 aliphatic rings. The molecule has 0 fully saturated rings. The van der Waals surface area contributed by atoms with E-state index in [0.717, 1.165) is 17.3 Å². The molecule has 2 rings (SSSR count). The van der Waals surface area contributed by atoms with Crippen molar-refractivity contribution in [1.29, 1.82) is 0 Å². The molecule has 118 valence electrons. The molecule has 0 saturated heterocycles. The summed E-state index contributed by atoms with van der Waals surface area (Å²) in [5.74, 6) is 2.25. The lowest BCUT2D eigenvalue weighted by Gasteiger charge is -2.15. The van der Waals surface area contributed by atoms with Crippen LogP contribution in [0.1, 0.15) is 13.8 Å². The molecule has 0 atom stereocenters. The molecule has 22 heavy (non-hydrogen) atoms. The normalized spacial score (nSPS) is 10.5. The molecule has 1 aromatic carbocycles. The van der Waals surface area contributed by atoms with Gasteiger partial charge in [0.1, 0.15) is 23.7 Å². The molecule has 0 amide bonds. The lowest BCUT2D eigenvalue weighted by molar-refractivity contribution is 0.210. The minimum absolute atomic E-state index is 0.111. The number of aromatic nitrogens is 2. The number of anilines is 3. The average molecular weight is 302 g/mol. The van der Waals surface area contributed by atoms with Crippen LogP contribution in [0.3, 0.4) is 0 Å². The van der Waals surface area contributed by atoms with Gasteiger partial charge in [0.2, 0.25) is 0 Å². The van der Waals surface area contributed by atoms with E-state index < -0.39 is 0 Å². The van der Waals surface area contributed by atoms with Gasteiger partial charge in [-0.3, -0.25) is 0 Å². The highest BCUT2D eigenvalue weighted by molar-refractivity contribution is 5.65. The first-order valence-corrected chi connectivity index (χ1v) is 7.26. The Balaban J connectivity index is 2.09. The number of ether oxygens (including phenoxy) is 2. The van der Waals surface area contributed by atoms with Gasteiger partial charge in [0.15, 0.2) is 0 Å². The fraction of sp³-hybridized carbons (Fsp3) is 0.375. The number of nitrogens with one attached hydrogen (secondary N) is 2. The van der Waals surface area contributed by atoms with Crippen LogP contribution in [0.4, 0.5) is 17.3 Å². The van der Waals surface area contributed by atoms with Crippen molar-refractivity contribution in [3.8, 4) is 5.75 Å². The van der Waals surface area contributed by atoms with E-state index in [0.29, 0.717) is 19.0 Å². The standard InChI is InChI=1S/C16H22N4O2/c1-12(2)22-14-7-5-4-6-13(14)20-16-10-15(18-11-19-16)17-8-9-21-3/h4-7,10-12H,8-9H2,1-3H3,(H2,17,18,19,20). The Morgan fingerprint density at radius 1 is 1.14 bits per heavy atom. The molecular formula is C16H22N4O2. The summed E-state index contributed by atoms with van der Waals surface area (Å²) in [5.41, 5.74) is 0.873. The van der Waals surface area contributed by atoms with Crippen molar-refractivity contribution < 1.29 is 9.47 Å². The highest BCUT2D eigenvalue weighted by atomic mass is 16.5. The number of hydrogen-bond acceptors (Lipinski definition) is 6. The second-order valence-corrected chi connectivity index (χ2v) is 5.00. The number of para-hydroxylation sites is 2. The molecule has 0 unspecified atom stereocenters. The maximum Gasteiger partial charge on any atom is 0.143 e. The lowest BCUT2D eigenvalue weighted by atomic mass is 10.3. The van der Waals surface area contributed by atoms with E-state index in [2.05, 4.69) is 20.6 Å². The summed E-state index contributed by atoms with van der Waals surface area (Å²) in [6.07, 6.45) is 1.63. The summed E-state index contributed by atoms with van der Waals surface area (Å²) in [4.78, 5) is 8.41. The van der Waals surface area contributed by atoms with E-state index in [1.54, 1.807) is 7.11 Å². The first-order chi connectivity index (χ1) is 10.7. The van der Waals surface area contributed by atoms with Crippen LogP contribution in [0.2, 0.25) is 0 Å². The molecule has 2 aromatic rings. The van der Waals surface area contributed by atoms with Crippen molar-refractivity contribution in [3.63, 3.8) is 0 Å². The predicted molar refractivity (Wildman–Crippen MR) is 87.9 cm³/mol. The smallest absolute Gasteiger partial charge is 0.143 e. The maximum absolute atomic E-state index is 5.79. The fourth-order valence-corrected chi connectivity index (χ4v) is 1.87. The van der Waals surface area contributed by atoms with Crippen LogP contribution < -0.4 is 15.4 Å². The van der Waals surface area contributed by atoms with Crippen molar-refractivity contribution in [2.75, 3.05) is 30.9 Å². The number of nitrogens with zero attached hydrogens (tertiary/aromatic N) is 2. The molecule has 0 radical (unpaired) electrons. The highest BCUT2D eigenvalue weighted by Crippen LogP contribution is 2.27. The third-order valence-corrected chi connectivity index (χ3v) is 2.79. The average Bonchev–Trinajstić information content (AvgIpc) is 2.49. The van der Waals surface area contributed by atoms with E-state index in [9.17, 15) is 0 Å². The van der Waals surface area contributed by atoms with Gasteiger partial charge >= 0.3 is 0 Å². The van der Waals surface area contributed by atoms with Gasteiger partial charge in [-0.25, -0.2) is 9.97 Å². The number of methoxy groups -OCH3 is 1. The largest absolute Gasteiger partial charge is 0.489 e. The first-order valence-electron chi connectivity index (χ1n) is 7.26. The minimum atomic E-state index is 0.111. The van der Waals surface area contributed by atoms with Gasteiger partial charge < -0.3 is 20.1 Å². The third kappa shape index (κ3) is 4.89. The fourth-order valence-electron chi connectivity index (χ4n) is 1.87. The van der Waals surface area contributed by atoms with Crippen LogP contribution in [-0.4, -0.2) is 36.3 Å². The third-order valence-electron chi connectivity index (χ3n) is 2.79. The summed E-state index contributed by atoms with van der Waals surface area (Å²) < 4.78 is 10.8. The van der Waals surface area contributed by atoms with E-state index in [-0.39, 0.29) is 6.10 Å². The molecule has 1 aromatic heterocycles. The topological polar surface area (TPSA) is 68.3 Å². The van der Waals surface area contributed by atoms with Gasteiger partial charge in [-0.1, -0.05) is 12.1 Å². The SMILES string of the molecule is COCCNc1cc(Nc2ccccc2OC(C)C)ncn1. The van der Waals surface area contributed by atoms with Gasteiger partial charge in [-0.2, -0.15) is 0 Å². The minimum Gasteiger partial charge on any atom is -0.489 e. The van der Waals surface area contributed by atoms with E-state index in [1.165, 1.54) is 6.33 Å². The molecule has 0 spiro atoms. The van der Waals surface area contributed by atoms with Crippen molar-refractivity contribution in [2.24, 2.45) is 0 Å². The number of rotatable bonds is 8. The molecule has 0 saturated carbocycles. The maximum atomic E-state index is 5.79. The second-order valence-electron chi connectivity index (χ2n) is 5.00. The summed E-state index contributed by atoms with van der Waals surface area (Å²) in [7, 11) is 1.67. The van der Waals surface area contributed by atoms with E-state index >= 15 is 0 Å².